The fraction of sp³-hybridized carbons (Fsp3) is 0.667. The van der Waals surface area contributed by atoms with Crippen molar-refractivity contribution in [3.8, 4) is 0 Å². The number of nitrogens with zero attached hydrogens (tertiary/aromatic N) is 1. The average molecular weight is 480 g/mol. The third kappa shape index (κ3) is 22.4. The molecule has 0 aromatic carbocycles. The molecule has 0 rings (SSSR count). The molecular formula is C3H8I2N3VY-. The van der Waals surface area contributed by atoms with Gasteiger partial charge in [-0.05, 0) is 7.05 Å². The Morgan fingerprint density at radius 3 is 1.90 bits per heavy atom. The SMILES string of the molecule is CNN(C)[C-]=N.[I][V][I].[Y]. The van der Waals surface area contributed by atoms with E-state index in [0.717, 1.165) is 0 Å². The smallest absolute Gasteiger partial charge is 0 e. The maximum Gasteiger partial charge on any atom is 0 e. The fourth-order valence-corrected chi connectivity index (χ4v) is 0.0559. The topological polar surface area (TPSA) is 39.1 Å². The van der Waals surface area contributed by atoms with Gasteiger partial charge in [-0.1, -0.05) is 0 Å². The van der Waals surface area contributed by atoms with Gasteiger partial charge in [-0.2, -0.15) is 0 Å². The molecule has 58 valence electrons. The number of nitrogens with one attached hydrogen (secondary N) is 2. The molecule has 7 heteroatoms. The first-order valence-electron chi connectivity index (χ1n) is 1.98. The van der Waals surface area contributed by atoms with E-state index in [1.165, 1.54) is 5.01 Å². The van der Waals surface area contributed by atoms with Crippen molar-refractivity contribution in [2.45, 2.75) is 0 Å². The van der Waals surface area contributed by atoms with E-state index in [1.807, 2.05) is 0 Å². The van der Waals surface area contributed by atoms with Crippen LogP contribution in [0.25, 0.3) is 0 Å². The Kier molecular flexibility index (Phi) is 32.4. The summed E-state index contributed by atoms with van der Waals surface area (Å²) in [5, 5.41) is 7.84. The second-order valence-corrected chi connectivity index (χ2v) is 12.7. The molecule has 2 N–H and O–H groups in total. The number of hydrogen-bond acceptors (Lipinski definition) is 2. The van der Waals surface area contributed by atoms with Gasteiger partial charge in [-0.25, -0.2) is 0 Å². The van der Waals surface area contributed by atoms with Crippen molar-refractivity contribution in [2.75, 3.05) is 14.1 Å². The van der Waals surface area contributed by atoms with Crippen LogP contribution in [0.3, 0.4) is 0 Å². The third-order valence-corrected chi connectivity index (χ3v) is 0.503. The minimum atomic E-state index is 0. The van der Waals surface area contributed by atoms with Crippen molar-refractivity contribution >= 4 is 46.3 Å². The Balaban J connectivity index is -0.000000107. The van der Waals surface area contributed by atoms with Gasteiger partial charge >= 0.3 is 49.4 Å². The van der Waals surface area contributed by atoms with Gasteiger partial charge in [0.2, 0.25) is 0 Å². The van der Waals surface area contributed by atoms with Crippen LogP contribution in [0, 0.1) is 5.41 Å². The van der Waals surface area contributed by atoms with E-state index in [-0.39, 0.29) is 32.7 Å². The molecule has 3 nitrogen and oxygen atoms in total. The quantitative estimate of drug-likeness (QED) is 0.157. The molecule has 0 aromatic heterocycles. The predicted octanol–water partition coefficient (Wildman–Crippen LogP) is 1.30. The fourth-order valence-electron chi connectivity index (χ4n) is 0.0559. The standard InChI is InChI=1S/C3H8N3.2HI.V.Y/c1-5-6(2)3-4;;;;/h4-5H,1-2H3;2*1H;;/q-1;;;+2;/p-2. The Morgan fingerprint density at radius 2 is 1.90 bits per heavy atom. The maximum absolute atomic E-state index is 6.42. The minimum Gasteiger partial charge on any atom is 0 e. The molecule has 0 aromatic rings. The molecule has 0 unspecified atom stereocenters. The van der Waals surface area contributed by atoms with E-state index >= 15 is 0 Å². The predicted molar refractivity (Wildman–Crippen MR) is 52.6 cm³/mol. The molecule has 0 fully saturated rings. The summed E-state index contributed by atoms with van der Waals surface area (Å²) in [4.78, 5) is 0. The van der Waals surface area contributed by atoms with Crippen LogP contribution in [0.2, 0.25) is 0 Å². The van der Waals surface area contributed by atoms with E-state index in [9.17, 15) is 0 Å². The number of hydrogen-bond donors (Lipinski definition) is 2. The second-order valence-electron chi connectivity index (χ2n) is 0.958. The van der Waals surface area contributed by atoms with E-state index in [2.05, 4.69) is 51.7 Å². The largest absolute Gasteiger partial charge is 0 e. The van der Waals surface area contributed by atoms with Crippen LogP contribution >= 0.6 is 40.0 Å². The van der Waals surface area contributed by atoms with Gasteiger partial charge in [0.25, 0.3) is 0 Å². The van der Waals surface area contributed by atoms with Crippen LogP contribution in [0.1, 0.15) is 0 Å². The summed E-state index contributed by atoms with van der Waals surface area (Å²) < 4.78 is 0. The van der Waals surface area contributed by atoms with Crippen LogP contribution in [0.5, 0.6) is 0 Å². The molecular weight excluding hydrogens is 472 g/mol. The number of hydrazine groups is 1. The zero-order valence-electron chi connectivity index (χ0n) is 5.73. The summed E-state index contributed by atoms with van der Waals surface area (Å²) in [7, 11) is 4.05. The molecule has 0 amide bonds. The summed E-state index contributed by atoms with van der Waals surface area (Å²) in [6, 6.07) is 0. The normalized spacial score (nSPS) is 6.00. The van der Waals surface area contributed by atoms with Crippen LogP contribution in [0.15, 0.2) is 0 Å². The molecule has 0 spiro atoms. The van der Waals surface area contributed by atoms with Crippen molar-refractivity contribution in [1.29, 1.82) is 5.41 Å². The summed E-state index contributed by atoms with van der Waals surface area (Å²) in [5.41, 5.74) is 2.65. The zero-order chi connectivity index (χ0) is 7.70. The van der Waals surface area contributed by atoms with E-state index in [0.29, 0.717) is 9.47 Å². The minimum absolute atomic E-state index is 0. The summed E-state index contributed by atoms with van der Waals surface area (Å²) in [5.74, 6) is 0. The summed E-state index contributed by atoms with van der Waals surface area (Å²) >= 11 is 4.74. The molecule has 1 radical (unpaired) electrons. The van der Waals surface area contributed by atoms with Crippen molar-refractivity contribution in [3.63, 3.8) is 0 Å². The maximum atomic E-state index is 6.42. The van der Waals surface area contributed by atoms with Crippen LogP contribution < -0.4 is 5.43 Å². The molecule has 0 bridgehead atoms. The second kappa shape index (κ2) is 17.6. The molecule has 0 saturated carbocycles. The molecule has 0 atom stereocenters. The average Bonchev–Trinajstić information content (AvgIpc) is 1.88. The monoisotopic (exact) mass is 480 g/mol. The molecule has 0 heterocycles. The van der Waals surface area contributed by atoms with Crippen LogP contribution in [-0.4, -0.2) is 25.4 Å². The molecule has 0 aliphatic carbocycles. The first kappa shape index (κ1) is 18.4. The Bertz CT molecular complexity index is 67.7. The van der Waals surface area contributed by atoms with Crippen molar-refractivity contribution in [1.82, 2.24) is 10.4 Å². The van der Waals surface area contributed by atoms with Gasteiger partial charge in [0.1, 0.15) is 0 Å². The van der Waals surface area contributed by atoms with Gasteiger partial charge in [-0.3, -0.25) is 11.8 Å². The van der Waals surface area contributed by atoms with Gasteiger partial charge in [0.05, 0.1) is 0 Å². The Hall–Kier alpha value is 2.58. The third-order valence-electron chi connectivity index (χ3n) is 0.503. The molecule has 0 saturated heterocycles. The summed E-state index contributed by atoms with van der Waals surface area (Å²) in [6.07, 6.45) is 2.09. The molecule has 0 aliphatic heterocycles. The van der Waals surface area contributed by atoms with Gasteiger partial charge in [-0.15, -0.1) is 0 Å². The van der Waals surface area contributed by atoms with Crippen LogP contribution in [-0.2, 0) is 42.2 Å². The van der Waals surface area contributed by atoms with Gasteiger partial charge in [0.15, 0.2) is 0 Å². The van der Waals surface area contributed by atoms with Crippen molar-refractivity contribution in [2.24, 2.45) is 0 Å². The number of halogens is 2. The molecule has 10 heavy (non-hydrogen) atoms. The van der Waals surface area contributed by atoms with Crippen molar-refractivity contribution < 1.29 is 42.2 Å². The van der Waals surface area contributed by atoms with Crippen LogP contribution in [0.4, 0.5) is 0 Å². The van der Waals surface area contributed by atoms with E-state index in [1.54, 1.807) is 14.1 Å². The zero-order valence-corrected chi connectivity index (χ0v) is 14.3. The van der Waals surface area contributed by atoms with Gasteiger partial charge in [0, 0.05) is 39.8 Å². The van der Waals surface area contributed by atoms with E-state index in [4.69, 9.17) is 5.41 Å². The first-order chi connectivity index (χ1) is 4.22. The van der Waals surface area contributed by atoms with E-state index < -0.39 is 0 Å². The first-order valence-corrected chi connectivity index (χ1v) is 11.0. The molecule has 0 aliphatic rings. The Morgan fingerprint density at radius 1 is 1.60 bits per heavy atom. The summed E-state index contributed by atoms with van der Waals surface area (Å²) in [6.45, 7) is 0. The van der Waals surface area contributed by atoms with Crippen molar-refractivity contribution in [3.05, 3.63) is 0 Å². The Labute approximate surface area is 116 Å². The van der Waals surface area contributed by atoms with Gasteiger partial charge < -0.3 is 10.4 Å². The number of rotatable bonds is 2.